The second-order valence-corrected chi connectivity index (χ2v) is 4.09. The summed E-state index contributed by atoms with van der Waals surface area (Å²) < 4.78 is 0. The van der Waals surface area contributed by atoms with E-state index in [0.717, 1.165) is 0 Å². The highest BCUT2D eigenvalue weighted by Crippen LogP contribution is 2.17. The molecular weight excluding hydrogens is 92.1 g/mol. The van der Waals surface area contributed by atoms with Gasteiger partial charge in [-0.1, -0.05) is 20.8 Å². The molecule has 0 spiro atoms. The third-order valence-electron chi connectivity index (χ3n) is 0.335. The molecule has 0 aliphatic rings. The standard InChI is InChI=1S/C4H10OSi/c1-4(2,3)6-5/h5H,1-3H3. The van der Waals surface area contributed by atoms with Gasteiger partial charge in [0.15, 0.2) is 0 Å². The molecule has 0 amide bonds. The van der Waals surface area contributed by atoms with E-state index in [9.17, 15) is 0 Å². The van der Waals surface area contributed by atoms with Crippen molar-refractivity contribution in [2.75, 3.05) is 0 Å². The Kier molecular flexibility index (Phi) is 1.81. The Morgan fingerprint density at radius 1 is 1.33 bits per heavy atom. The van der Waals surface area contributed by atoms with E-state index in [1.165, 1.54) is 0 Å². The first-order chi connectivity index (χ1) is 2.56. The van der Waals surface area contributed by atoms with Crippen LogP contribution < -0.4 is 0 Å². The summed E-state index contributed by atoms with van der Waals surface area (Å²) in [5.74, 6) is 0. The van der Waals surface area contributed by atoms with Crippen molar-refractivity contribution >= 4 is 9.76 Å². The van der Waals surface area contributed by atoms with Gasteiger partial charge < -0.3 is 4.80 Å². The van der Waals surface area contributed by atoms with E-state index in [4.69, 9.17) is 4.80 Å². The fourth-order valence-electron chi connectivity index (χ4n) is 0. The Morgan fingerprint density at radius 3 is 1.50 bits per heavy atom. The van der Waals surface area contributed by atoms with Gasteiger partial charge in [-0.05, 0) is 5.04 Å². The second-order valence-electron chi connectivity index (χ2n) is 2.36. The molecule has 1 nitrogen and oxygen atoms in total. The van der Waals surface area contributed by atoms with Crippen molar-refractivity contribution in [3.63, 3.8) is 0 Å². The Hall–Kier alpha value is 0.177. The Bertz CT molecular complexity index is 37.3. The average Bonchev–Trinajstić information content (AvgIpc) is 1.35. The molecule has 0 unspecified atom stereocenters. The SMILES string of the molecule is CC(C)(C)[Si]O. The molecule has 0 heterocycles. The summed E-state index contributed by atoms with van der Waals surface area (Å²) in [5, 5.41) is 0.125. The molecule has 0 atom stereocenters. The highest BCUT2D eigenvalue weighted by Gasteiger charge is 2.08. The monoisotopic (exact) mass is 102 g/mol. The lowest BCUT2D eigenvalue weighted by atomic mass is 10.3. The molecule has 2 radical (unpaired) electrons. The maximum atomic E-state index is 8.43. The summed E-state index contributed by atoms with van der Waals surface area (Å²) in [6.07, 6.45) is 0. The maximum absolute atomic E-state index is 8.43. The molecule has 0 saturated heterocycles. The first-order valence-electron chi connectivity index (χ1n) is 1.97. The van der Waals surface area contributed by atoms with Crippen molar-refractivity contribution in [2.24, 2.45) is 0 Å². The van der Waals surface area contributed by atoms with E-state index < -0.39 is 0 Å². The zero-order valence-corrected chi connectivity index (χ0v) is 5.45. The van der Waals surface area contributed by atoms with E-state index in [1.807, 2.05) is 20.8 Å². The summed E-state index contributed by atoms with van der Waals surface area (Å²) in [6.45, 7) is 6.02. The topological polar surface area (TPSA) is 20.2 Å². The first-order valence-corrected chi connectivity index (χ1v) is 2.92. The first kappa shape index (κ1) is 6.18. The van der Waals surface area contributed by atoms with Crippen LogP contribution in [0.5, 0.6) is 0 Å². The van der Waals surface area contributed by atoms with Gasteiger partial charge in [-0.3, -0.25) is 0 Å². The van der Waals surface area contributed by atoms with Crippen LogP contribution in [0.2, 0.25) is 5.04 Å². The van der Waals surface area contributed by atoms with Crippen molar-refractivity contribution in [3.05, 3.63) is 0 Å². The Morgan fingerprint density at radius 2 is 1.50 bits per heavy atom. The predicted molar refractivity (Wildman–Crippen MR) is 27.7 cm³/mol. The van der Waals surface area contributed by atoms with Crippen molar-refractivity contribution in [3.8, 4) is 0 Å². The Labute approximate surface area is 41.3 Å². The van der Waals surface area contributed by atoms with Gasteiger partial charge >= 0.3 is 0 Å². The molecule has 0 aliphatic carbocycles. The van der Waals surface area contributed by atoms with Crippen LogP contribution in [0.25, 0.3) is 0 Å². The van der Waals surface area contributed by atoms with Gasteiger partial charge in [0.1, 0.15) is 0 Å². The largest absolute Gasteiger partial charge is 0.431 e. The van der Waals surface area contributed by atoms with Crippen LogP contribution in [0.3, 0.4) is 0 Å². The van der Waals surface area contributed by atoms with Gasteiger partial charge in [0.05, 0.1) is 0 Å². The quantitative estimate of drug-likeness (QED) is 0.449. The van der Waals surface area contributed by atoms with Gasteiger partial charge in [-0.25, -0.2) is 0 Å². The van der Waals surface area contributed by atoms with Crippen LogP contribution in [0, 0.1) is 0 Å². The van der Waals surface area contributed by atoms with Crippen LogP contribution in [0.15, 0.2) is 0 Å². The molecule has 0 aromatic carbocycles. The van der Waals surface area contributed by atoms with Crippen molar-refractivity contribution in [1.82, 2.24) is 0 Å². The molecular formula is C4H10OSi. The zero-order chi connectivity index (χ0) is 5.21. The highest BCUT2D eigenvalue weighted by molar-refractivity contribution is 6.29. The van der Waals surface area contributed by atoms with Crippen LogP contribution in [0.4, 0.5) is 0 Å². The smallest absolute Gasteiger partial charge is 0.230 e. The highest BCUT2D eigenvalue weighted by atomic mass is 28.2. The summed E-state index contributed by atoms with van der Waals surface area (Å²) >= 11 is 0. The minimum absolute atomic E-state index is 0.0671. The molecule has 2 heteroatoms. The number of rotatable bonds is 0. The van der Waals surface area contributed by atoms with Gasteiger partial charge in [0.25, 0.3) is 0 Å². The van der Waals surface area contributed by atoms with Gasteiger partial charge in [0, 0.05) is 0 Å². The summed E-state index contributed by atoms with van der Waals surface area (Å²) in [4.78, 5) is 8.43. The fraction of sp³-hybridized carbons (Fsp3) is 1.00. The normalized spacial score (nSPS) is 12.0. The lowest BCUT2D eigenvalue weighted by Crippen LogP contribution is -2.05. The maximum Gasteiger partial charge on any atom is 0.230 e. The van der Waals surface area contributed by atoms with Gasteiger partial charge in [0.2, 0.25) is 9.76 Å². The molecule has 6 heavy (non-hydrogen) atoms. The summed E-state index contributed by atoms with van der Waals surface area (Å²) in [6, 6.07) is 0. The summed E-state index contributed by atoms with van der Waals surface area (Å²) in [5.41, 5.74) is 0. The summed E-state index contributed by atoms with van der Waals surface area (Å²) in [7, 11) is 0.0671. The lowest BCUT2D eigenvalue weighted by Gasteiger charge is -2.08. The second kappa shape index (κ2) is 1.75. The van der Waals surface area contributed by atoms with Crippen LogP contribution >= 0.6 is 0 Å². The van der Waals surface area contributed by atoms with Crippen molar-refractivity contribution < 1.29 is 4.80 Å². The molecule has 0 aliphatic heterocycles. The van der Waals surface area contributed by atoms with E-state index >= 15 is 0 Å². The Balaban J connectivity index is 3.17. The van der Waals surface area contributed by atoms with Crippen LogP contribution in [0.1, 0.15) is 20.8 Å². The molecule has 0 bridgehead atoms. The lowest BCUT2D eigenvalue weighted by molar-refractivity contribution is 0.545. The molecule has 0 fully saturated rings. The molecule has 0 rings (SSSR count). The minimum Gasteiger partial charge on any atom is -0.431 e. The van der Waals surface area contributed by atoms with E-state index in [2.05, 4.69) is 0 Å². The fourth-order valence-corrected chi connectivity index (χ4v) is 0. The molecule has 0 aromatic rings. The molecule has 0 aromatic heterocycles. The zero-order valence-electron chi connectivity index (χ0n) is 4.45. The molecule has 36 valence electrons. The third kappa shape index (κ3) is 4.18. The van der Waals surface area contributed by atoms with Gasteiger partial charge in [-0.2, -0.15) is 0 Å². The van der Waals surface area contributed by atoms with Crippen LogP contribution in [-0.2, 0) is 0 Å². The van der Waals surface area contributed by atoms with E-state index in [-0.39, 0.29) is 14.8 Å². The third-order valence-corrected chi connectivity index (χ3v) is 1.01. The van der Waals surface area contributed by atoms with Crippen LogP contribution in [-0.4, -0.2) is 14.6 Å². The average molecular weight is 102 g/mol. The molecule has 1 N–H and O–H groups in total. The van der Waals surface area contributed by atoms with E-state index in [0.29, 0.717) is 0 Å². The minimum atomic E-state index is 0.0671. The van der Waals surface area contributed by atoms with E-state index in [1.54, 1.807) is 0 Å². The van der Waals surface area contributed by atoms with Crippen molar-refractivity contribution in [1.29, 1.82) is 0 Å². The number of hydrogen-bond acceptors (Lipinski definition) is 1. The van der Waals surface area contributed by atoms with Crippen molar-refractivity contribution in [2.45, 2.75) is 25.8 Å². The predicted octanol–water partition coefficient (Wildman–Crippen LogP) is 0.816. The molecule has 0 saturated carbocycles. The van der Waals surface area contributed by atoms with Gasteiger partial charge in [-0.15, -0.1) is 0 Å². The number of hydrogen-bond donors (Lipinski definition) is 1.